The highest BCUT2D eigenvalue weighted by Crippen LogP contribution is 2.44. The number of nitrogens with zero attached hydrogens (tertiary/aromatic N) is 1. The molecular formula is C25H35NO4. The number of aromatic nitrogens is 1. The third-order valence-electron chi connectivity index (χ3n) is 5.83. The fourth-order valence-electron chi connectivity index (χ4n) is 4.18. The van der Waals surface area contributed by atoms with Crippen LogP contribution in [0.4, 0.5) is 0 Å². The van der Waals surface area contributed by atoms with Gasteiger partial charge in [-0.2, -0.15) is 0 Å². The Morgan fingerprint density at radius 3 is 2.67 bits per heavy atom. The van der Waals surface area contributed by atoms with Crippen molar-refractivity contribution >= 4 is 5.97 Å². The molecule has 1 saturated carbocycles. The van der Waals surface area contributed by atoms with Crippen LogP contribution in [0.1, 0.15) is 88.1 Å². The standard InChI is InChI=1S/C25H35NO4/c1-25(2,3)29-24(28)16-20(10-7-13-27)22-17-23(30-26-22)21-14-19(15-21)12-11-18-8-5-4-6-9-18/h4-6,8-9,17,19-21,27H,7,10-16H2,1-3H3/t19?,20-,21?/m0/s1. The van der Waals surface area contributed by atoms with Gasteiger partial charge in [-0.1, -0.05) is 35.5 Å². The summed E-state index contributed by atoms with van der Waals surface area (Å²) in [5.74, 6) is 1.76. The Kier molecular flexibility index (Phi) is 7.70. The summed E-state index contributed by atoms with van der Waals surface area (Å²) in [5, 5.41) is 13.5. The van der Waals surface area contributed by atoms with Gasteiger partial charge in [-0.25, -0.2) is 0 Å². The zero-order chi connectivity index (χ0) is 21.6. The number of hydrogen-bond donors (Lipinski definition) is 1. The summed E-state index contributed by atoms with van der Waals surface area (Å²) in [6.07, 6.45) is 6.17. The van der Waals surface area contributed by atoms with Crippen molar-refractivity contribution in [1.82, 2.24) is 5.16 Å². The van der Waals surface area contributed by atoms with Gasteiger partial charge in [-0.15, -0.1) is 0 Å². The van der Waals surface area contributed by atoms with Crippen LogP contribution >= 0.6 is 0 Å². The van der Waals surface area contributed by atoms with Gasteiger partial charge in [0.25, 0.3) is 0 Å². The van der Waals surface area contributed by atoms with Crippen molar-refractivity contribution in [3.8, 4) is 0 Å². The molecule has 0 unspecified atom stereocenters. The Bertz CT molecular complexity index is 787. The summed E-state index contributed by atoms with van der Waals surface area (Å²) >= 11 is 0. The van der Waals surface area contributed by atoms with E-state index in [-0.39, 0.29) is 24.9 Å². The summed E-state index contributed by atoms with van der Waals surface area (Å²) in [7, 11) is 0. The van der Waals surface area contributed by atoms with Crippen LogP contribution in [-0.2, 0) is 16.0 Å². The van der Waals surface area contributed by atoms with Crippen molar-refractivity contribution < 1.29 is 19.2 Å². The van der Waals surface area contributed by atoms with E-state index in [4.69, 9.17) is 9.26 Å². The molecule has 1 heterocycles. The van der Waals surface area contributed by atoms with Crippen LogP contribution in [0.5, 0.6) is 0 Å². The lowest BCUT2D eigenvalue weighted by Gasteiger charge is -2.33. The van der Waals surface area contributed by atoms with E-state index in [0.717, 1.165) is 36.6 Å². The molecule has 0 bridgehead atoms. The predicted octanol–water partition coefficient (Wildman–Crippen LogP) is 5.39. The van der Waals surface area contributed by atoms with Crippen molar-refractivity contribution in [3.63, 3.8) is 0 Å². The molecule has 1 fully saturated rings. The first kappa shape index (κ1) is 22.5. The van der Waals surface area contributed by atoms with Gasteiger partial charge in [-0.3, -0.25) is 4.79 Å². The fourth-order valence-corrected chi connectivity index (χ4v) is 4.18. The first-order valence-corrected chi connectivity index (χ1v) is 11.2. The maximum atomic E-state index is 12.3. The number of aliphatic hydroxyl groups is 1. The van der Waals surface area contributed by atoms with Crippen LogP contribution in [0.25, 0.3) is 0 Å². The minimum absolute atomic E-state index is 0.0848. The number of hydrogen-bond acceptors (Lipinski definition) is 5. The second-order valence-electron chi connectivity index (χ2n) is 9.57. The summed E-state index contributed by atoms with van der Waals surface area (Å²) in [4.78, 5) is 12.3. The molecule has 0 aliphatic heterocycles. The van der Waals surface area contributed by atoms with Crippen LogP contribution in [0, 0.1) is 5.92 Å². The molecule has 1 atom stereocenters. The number of carbonyl (C=O) groups excluding carboxylic acids is 1. The van der Waals surface area contributed by atoms with E-state index in [1.165, 1.54) is 12.0 Å². The van der Waals surface area contributed by atoms with Crippen molar-refractivity contribution in [3.05, 3.63) is 53.4 Å². The number of carbonyl (C=O) groups is 1. The summed E-state index contributed by atoms with van der Waals surface area (Å²) in [5.41, 5.74) is 1.70. The largest absolute Gasteiger partial charge is 0.460 e. The van der Waals surface area contributed by atoms with Crippen LogP contribution < -0.4 is 0 Å². The normalized spacial score (nSPS) is 19.9. The Morgan fingerprint density at radius 2 is 2.00 bits per heavy atom. The molecule has 1 aromatic carbocycles. The quantitative estimate of drug-likeness (QED) is 0.529. The number of ether oxygens (including phenoxy) is 1. The predicted molar refractivity (Wildman–Crippen MR) is 116 cm³/mol. The molecule has 1 aliphatic carbocycles. The van der Waals surface area contributed by atoms with E-state index < -0.39 is 5.60 Å². The van der Waals surface area contributed by atoms with Gasteiger partial charge in [-0.05, 0) is 70.8 Å². The highest BCUT2D eigenvalue weighted by atomic mass is 16.6. The highest BCUT2D eigenvalue weighted by Gasteiger charge is 2.33. The van der Waals surface area contributed by atoms with Crippen LogP contribution in [-0.4, -0.2) is 28.4 Å². The molecule has 0 amide bonds. The summed E-state index contributed by atoms with van der Waals surface area (Å²) in [6, 6.07) is 12.6. The highest BCUT2D eigenvalue weighted by molar-refractivity contribution is 5.71. The lowest BCUT2D eigenvalue weighted by molar-refractivity contribution is -0.155. The van der Waals surface area contributed by atoms with Crippen LogP contribution in [0.15, 0.2) is 40.9 Å². The number of rotatable bonds is 10. The molecule has 0 radical (unpaired) electrons. The first-order valence-electron chi connectivity index (χ1n) is 11.2. The zero-order valence-electron chi connectivity index (χ0n) is 18.5. The van der Waals surface area contributed by atoms with Gasteiger partial charge in [0, 0.05) is 24.5 Å². The molecule has 3 rings (SSSR count). The molecule has 0 spiro atoms. The lowest BCUT2D eigenvalue weighted by atomic mass is 9.71. The number of aliphatic hydroxyl groups excluding tert-OH is 1. The minimum Gasteiger partial charge on any atom is -0.460 e. The molecule has 1 aromatic heterocycles. The molecule has 1 N–H and O–H groups in total. The van der Waals surface area contributed by atoms with E-state index >= 15 is 0 Å². The summed E-state index contributed by atoms with van der Waals surface area (Å²) < 4.78 is 11.1. The maximum Gasteiger partial charge on any atom is 0.306 e. The van der Waals surface area contributed by atoms with Gasteiger partial charge in [0.2, 0.25) is 0 Å². The number of aryl methyl sites for hydroxylation is 1. The van der Waals surface area contributed by atoms with E-state index in [1.807, 2.05) is 26.8 Å². The molecular weight excluding hydrogens is 378 g/mol. The van der Waals surface area contributed by atoms with Crippen molar-refractivity contribution in [2.45, 2.75) is 83.2 Å². The molecule has 1 aliphatic rings. The Labute approximate surface area is 179 Å². The molecule has 30 heavy (non-hydrogen) atoms. The number of benzene rings is 1. The summed E-state index contributed by atoms with van der Waals surface area (Å²) in [6.45, 7) is 5.70. The second-order valence-corrected chi connectivity index (χ2v) is 9.57. The van der Waals surface area contributed by atoms with E-state index in [9.17, 15) is 9.90 Å². The van der Waals surface area contributed by atoms with E-state index in [1.54, 1.807) is 0 Å². The van der Waals surface area contributed by atoms with Gasteiger partial charge in [0.1, 0.15) is 11.4 Å². The van der Waals surface area contributed by atoms with E-state index in [2.05, 4.69) is 35.5 Å². The zero-order valence-corrected chi connectivity index (χ0v) is 18.5. The third-order valence-corrected chi connectivity index (χ3v) is 5.83. The van der Waals surface area contributed by atoms with Crippen LogP contribution in [0.2, 0.25) is 0 Å². The second kappa shape index (κ2) is 10.3. The molecule has 5 nitrogen and oxygen atoms in total. The van der Waals surface area contributed by atoms with Gasteiger partial charge in [0.05, 0.1) is 12.1 Å². The van der Waals surface area contributed by atoms with Crippen LogP contribution in [0.3, 0.4) is 0 Å². The molecule has 164 valence electrons. The van der Waals surface area contributed by atoms with Crippen molar-refractivity contribution in [2.75, 3.05) is 6.61 Å². The monoisotopic (exact) mass is 413 g/mol. The average molecular weight is 414 g/mol. The SMILES string of the molecule is CC(C)(C)OC(=O)C[C@H](CCCO)c1cc(C2CC(CCc3ccccc3)C2)on1. The minimum atomic E-state index is -0.506. The van der Waals surface area contributed by atoms with Gasteiger partial charge in [0.15, 0.2) is 0 Å². The van der Waals surface area contributed by atoms with Crippen molar-refractivity contribution in [1.29, 1.82) is 0 Å². The first-order chi connectivity index (χ1) is 14.3. The topological polar surface area (TPSA) is 72.6 Å². The molecule has 0 saturated heterocycles. The third kappa shape index (κ3) is 6.69. The Balaban J connectivity index is 1.52. The fraction of sp³-hybridized carbons (Fsp3) is 0.600. The Hall–Kier alpha value is -2.14. The smallest absolute Gasteiger partial charge is 0.306 e. The average Bonchev–Trinajstić information content (AvgIpc) is 3.13. The maximum absolute atomic E-state index is 12.3. The van der Waals surface area contributed by atoms with E-state index in [0.29, 0.717) is 18.8 Å². The Morgan fingerprint density at radius 1 is 1.27 bits per heavy atom. The lowest BCUT2D eigenvalue weighted by Crippen LogP contribution is -2.25. The van der Waals surface area contributed by atoms with Gasteiger partial charge < -0.3 is 14.4 Å². The molecule has 2 aromatic rings. The van der Waals surface area contributed by atoms with Crippen molar-refractivity contribution in [2.24, 2.45) is 5.92 Å². The van der Waals surface area contributed by atoms with Gasteiger partial charge >= 0.3 is 5.97 Å². The molecule has 5 heteroatoms. The number of esters is 1.